The number of aryl methyl sites for hydroxylation is 2. The second kappa shape index (κ2) is 6.93. The molecule has 7 nitrogen and oxygen atoms in total. The zero-order chi connectivity index (χ0) is 20.1. The standard InChI is InChI=1S/C20H26N6OS/c1-10-15(18-25-16-11(2)22-8-7-14(16)28-18)17(26-19(21)23-10)24-13-6-5-12(9-13)20(3,4)27/h7-8,12-13,27H,5-6,9H2,1-4H3,(H3,21,23,24,26)/t12-,13+/m1/s1. The molecule has 3 heterocycles. The van der Waals surface area contributed by atoms with E-state index in [9.17, 15) is 5.11 Å². The number of pyridine rings is 1. The molecule has 148 valence electrons. The van der Waals surface area contributed by atoms with E-state index in [2.05, 4.69) is 20.3 Å². The summed E-state index contributed by atoms with van der Waals surface area (Å²) in [5.74, 6) is 1.24. The Morgan fingerprint density at radius 3 is 2.64 bits per heavy atom. The van der Waals surface area contributed by atoms with Gasteiger partial charge in [-0.1, -0.05) is 0 Å². The first-order valence-electron chi connectivity index (χ1n) is 9.58. The number of nitrogens with zero attached hydrogens (tertiary/aromatic N) is 4. The Morgan fingerprint density at radius 2 is 1.96 bits per heavy atom. The highest BCUT2D eigenvalue weighted by atomic mass is 32.1. The average molecular weight is 399 g/mol. The van der Waals surface area contributed by atoms with E-state index in [0.29, 0.717) is 0 Å². The predicted octanol–water partition coefficient (Wildman–Crippen LogP) is 3.70. The molecule has 0 unspecified atom stereocenters. The highest BCUT2D eigenvalue weighted by Gasteiger charge is 2.35. The van der Waals surface area contributed by atoms with Crippen LogP contribution in [0.25, 0.3) is 20.8 Å². The van der Waals surface area contributed by atoms with E-state index in [-0.39, 0.29) is 17.9 Å². The summed E-state index contributed by atoms with van der Waals surface area (Å²) < 4.78 is 1.09. The molecule has 1 saturated carbocycles. The van der Waals surface area contributed by atoms with Crippen molar-refractivity contribution >= 4 is 33.3 Å². The van der Waals surface area contributed by atoms with E-state index < -0.39 is 5.60 Å². The molecule has 0 spiro atoms. The van der Waals surface area contributed by atoms with Crippen LogP contribution in [-0.4, -0.2) is 36.7 Å². The third-order valence-corrected chi connectivity index (χ3v) is 6.62. The van der Waals surface area contributed by atoms with Crippen molar-refractivity contribution in [3.05, 3.63) is 23.7 Å². The normalized spacial score (nSPS) is 20.0. The average Bonchev–Trinajstić information content (AvgIpc) is 3.21. The number of anilines is 2. The van der Waals surface area contributed by atoms with Crippen molar-refractivity contribution in [3.8, 4) is 10.6 Å². The summed E-state index contributed by atoms with van der Waals surface area (Å²) in [5.41, 5.74) is 8.79. The highest BCUT2D eigenvalue weighted by Crippen LogP contribution is 2.39. The molecule has 2 atom stereocenters. The SMILES string of the molecule is Cc1nc(N)nc(N[C@H]2CC[C@@H](C(C)(C)O)C2)c1-c1nc2c(C)nccc2s1. The number of fused-ring (bicyclic) bond motifs is 1. The fourth-order valence-electron chi connectivity index (χ4n) is 3.99. The van der Waals surface area contributed by atoms with Gasteiger partial charge in [0.15, 0.2) is 0 Å². The van der Waals surface area contributed by atoms with Gasteiger partial charge in [0.2, 0.25) is 5.95 Å². The second-order valence-corrected chi connectivity index (χ2v) is 9.19. The lowest BCUT2D eigenvalue weighted by Gasteiger charge is -2.25. The fourth-order valence-corrected chi connectivity index (χ4v) is 5.10. The summed E-state index contributed by atoms with van der Waals surface area (Å²) in [6.07, 6.45) is 4.68. The van der Waals surface area contributed by atoms with Gasteiger partial charge in [0, 0.05) is 12.2 Å². The molecule has 0 saturated heterocycles. The van der Waals surface area contributed by atoms with Crippen LogP contribution in [0.2, 0.25) is 0 Å². The Balaban J connectivity index is 1.71. The number of rotatable bonds is 4. The van der Waals surface area contributed by atoms with Gasteiger partial charge >= 0.3 is 0 Å². The Hall–Kier alpha value is -2.32. The van der Waals surface area contributed by atoms with E-state index in [1.807, 2.05) is 33.8 Å². The van der Waals surface area contributed by atoms with Crippen molar-refractivity contribution < 1.29 is 5.11 Å². The van der Waals surface area contributed by atoms with Crippen LogP contribution in [0, 0.1) is 19.8 Å². The number of nitrogens with one attached hydrogen (secondary N) is 1. The molecule has 0 amide bonds. The summed E-state index contributed by atoms with van der Waals surface area (Å²) in [6.45, 7) is 7.67. The van der Waals surface area contributed by atoms with Gasteiger partial charge in [-0.2, -0.15) is 4.98 Å². The molecule has 28 heavy (non-hydrogen) atoms. The predicted molar refractivity (Wildman–Crippen MR) is 113 cm³/mol. The van der Waals surface area contributed by atoms with Crippen LogP contribution in [0.4, 0.5) is 11.8 Å². The zero-order valence-corrected chi connectivity index (χ0v) is 17.5. The molecule has 4 rings (SSSR count). The molecule has 1 aliphatic rings. The minimum absolute atomic E-state index is 0.238. The summed E-state index contributed by atoms with van der Waals surface area (Å²) in [4.78, 5) is 18.0. The first-order chi connectivity index (χ1) is 13.2. The Morgan fingerprint density at radius 1 is 1.18 bits per heavy atom. The molecule has 4 N–H and O–H groups in total. The molecule has 3 aromatic heterocycles. The van der Waals surface area contributed by atoms with Crippen LogP contribution >= 0.6 is 11.3 Å². The molecule has 0 aromatic carbocycles. The lowest BCUT2D eigenvalue weighted by Crippen LogP contribution is -2.30. The van der Waals surface area contributed by atoms with Crippen LogP contribution < -0.4 is 11.1 Å². The van der Waals surface area contributed by atoms with E-state index in [0.717, 1.165) is 57.3 Å². The second-order valence-electron chi connectivity index (χ2n) is 8.16. The number of hydrogen-bond acceptors (Lipinski definition) is 8. The number of hydrogen-bond donors (Lipinski definition) is 3. The van der Waals surface area contributed by atoms with Gasteiger partial charge in [-0.3, -0.25) is 4.98 Å². The molecule has 0 radical (unpaired) electrons. The van der Waals surface area contributed by atoms with Crippen molar-refractivity contribution in [1.29, 1.82) is 0 Å². The minimum Gasteiger partial charge on any atom is -0.390 e. The topological polar surface area (TPSA) is 110 Å². The monoisotopic (exact) mass is 398 g/mol. The van der Waals surface area contributed by atoms with Crippen LogP contribution in [-0.2, 0) is 0 Å². The summed E-state index contributed by atoms with van der Waals surface area (Å²) in [5, 5.41) is 14.8. The number of thiazole rings is 1. The van der Waals surface area contributed by atoms with Crippen molar-refractivity contribution in [1.82, 2.24) is 19.9 Å². The lowest BCUT2D eigenvalue weighted by molar-refractivity contribution is 0.0197. The lowest BCUT2D eigenvalue weighted by atomic mass is 9.89. The Bertz CT molecular complexity index is 1030. The van der Waals surface area contributed by atoms with Gasteiger partial charge in [0.05, 0.1) is 27.3 Å². The maximum Gasteiger partial charge on any atom is 0.222 e. The maximum absolute atomic E-state index is 10.3. The van der Waals surface area contributed by atoms with E-state index in [1.54, 1.807) is 17.5 Å². The van der Waals surface area contributed by atoms with Crippen molar-refractivity contribution in [2.24, 2.45) is 5.92 Å². The van der Waals surface area contributed by atoms with Gasteiger partial charge in [-0.25, -0.2) is 9.97 Å². The van der Waals surface area contributed by atoms with E-state index in [4.69, 9.17) is 10.7 Å². The fraction of sp³-hybridized carbons (Fsp3) is 0.500. The van der Waals surface area contributed by atoms with Crippen molar-refractivity contribution in [2.45, 2.75) is 58.6 Å². The van der Waals surface area contributed by atoms with E-state index in [1.165, 1.54) is 0 Å². The number of aliphatic hydroxyl groups is 1. The van der Waals surface area contributed by atoms with Gasteiger partial charge in [-0.05, 0) is 58.9 Å². The number of nitrogen functional groups attached to an aromatic ring is 1. The Kier molecular flexibility index (Phi) is 4.71. The quantitative estimate of drug-likeness (QED) is 0.614. The first kappa shape index (κ1) is 19.0. The molecule has 8 heteroatoms. The highest BCUT2D eigenvalue weighted by molar-refractivity contribution is 7.21. The van der Waals surface area contributed by atoms with Crippen LogP contribution in [0.15, 0.2) is 12.3 Å². The molecule has 3 aromatic rings. The molecular weight excluding hydrogens is 372 g/mol. The van der Waals surface area contributed by atoms with Crippen molar-refractivity contribution in [3.63, 3.8) is 0 Å². The van der Waals surface area contributed by atoms with E-state index >= 15 is 0 Å². The molecular formula is C20H26N6OS. The summed E-state index contributed by atoms with van der Waals surface area (Å²) >= 11 is 1.61. The van der Waals surface area contributed by atoms with Gasteiger partial charge in [0.1, 0.15) is 16.3 Å². The summed E-state index contributed by atoms with van der Waals surface area (Å²) in [7, 11) is 0. The Labute approximate surface area is 168 Å². The smallest absolute Gasteiger partial charge is 0.222 e. The first-order valence-corrected chi connectivity index (χ1v) is 10.4. The maximum atomic E-state index is 10.3. The molecule has 1 aliphatic carbocycles. The molecule has 0 aliphatic heterocycles. The largest absolute Gasteiger partial charge is 0.390 e. The van der Waals surface area contributed by atoms with Crippen molar-refractivity contribution in [2.75, 3.05) is 11.1 Å². The third kappa shape index (κ3) is 3.54. The third-order valence-electron chi connectivity index (χ3n) is 5.58. The van der Waals surface area contributed by atoms with Crippen LogP contribution in [0.5, 0.6) is 0 Å². The summed E-state index contributed by atoms with van der Waals surface area (Å²) in [6, 6.07) is 2.22. The number of nitrogens with two attached hydrogens (primary N) is 1. The van der Waals surface area contributed by atoms with Crippen LogP contribution in [0.1, 0.15) is 44.5 Å². The van der Waals surface area contributed by atoms with Crippen LogP contribution in [0.3, 0.4) is 0 Å². The molecule has 1 fully saturated rings. The zero-order valence-electron chi connectivity index (χ0n) is 16.7. The minimum atomic E-state index is -0.669. The number of aromatic nitrogens is 4. The molecule has 0 bridgehead atoms. The van der Waals surface area contributed by atoms with Gasteiger partial charge < -0.3 is 16.2 Å². The van der Waals surface area contributed by atoms with Gasteiger partial charge in [0.25, 0.3) is 0 Å². The van der Waals surface area contributed by atoms with Gasteiger partial charge in [-0.15, -0.1) is 11.3 Å².